The maximum atomic E-state index is 6.37. The van der Waals surface area contributed by atoms with Gasteiger partial charge < -0.3 is 5.32 Å². The third-order valence-electron chi connectivity index (χ3n) is 3.29. The summed E-state index contributed by atoms with van der Waals surface area (Å²) in [5.41, 5.74) is 3.27. The average molecular weight is 377 g/mol. The van der Waals surface area contributed by atoms with Crippen molar-refractivity contribution in [2.24, 2.45) is 7.05 Å². The van der Waals surface area contributed by atoms with Gasteiger partial charge in [0.25, 0.3) is 0 Å². The zero-order chi connectivity index (χ0) is 14.7. The Kier molecular flexibility index (Phi) is 5.66. The first-order valence-corrected chi connectivity index (χ1v) is 8.73. The highest BCUT2D eigenvalue weighted by atomic mass is 79.9. The van der Waals surface area contributed by atoms with Crippen LogP contribution in [0, 0.1) is 6.92 Å². The minimum atomic E-state index is 0.268. The molecule has 3 nitrogen and oxygen atoms in total. The van der Waals surface area contributed by atoms with Gasteiger partial charge in [-0.15, -0.1) is 11.3 Å². The zero-order valence-electron chi connectivity index (χ0n) is 11.9. The quantitative estimate of drug-likeness (QED) is 0.805. The molecule has 0 saturated carbocycles. The number of hydrogen-bond donors (Lipinski definition) is 1. The van der Waals surface area contributed by atoms with Crippen LogP contribution in [0.25, 0.3) is 0 Å². The van der Waals surface area contributed by atoms with Gasteiger partial charge in [0.05, 0.1) is 20.2 Å². The molecule has 0 aromatic carbocycles. The number of halogens is 2. The third kappa shape index (κ3) is 3.64. The van der Waals surface area contributed by atoms with Crippen molar-refractivity contribution in [2.45, 2.75) is 32.7 Å². The first kappa shape index (κ1) is 16.0. The van der Waals surface area contributed by atoms with Crippen LogP contribution in [0.5, 0.6) is 0 Å². The van der Waals surface area contributed by atoms with Crippen molar-refractivity contribution in [1.82, 2.24) is 15.1 Å². The van der Waals surface area contributed by atoms with Crippen molar-refractivity contribution < 1.29 is 0 Å². The highest BCUT2D eigenvalue weighted by Crippen LogP contribution is 2.30. The van der Waals surface area contributed by atoms with Crippen LogP contribution in [0.15, 0.2) is 15.2 Å². The van der Waals surface area contributed by atoms with Crippen LogP contribution >= 0.6 is 38.9 Å². The molecule has 20 heavy (non-hydrogen) atoms. The molecule has 0 aliphatic heterocycles. The highest BCUT2D eigenvalue weighted by molar-refractivity contribution is 9.11. The number of nitrogens with one attached hydrogen (secondary N) is 1. The second-order valence-electron chi connectivity index (χ2n) is 4.86. The van der Waals surface area contributed by atoms with E-state index in [1.165, 1.54) is 5.56 Å². The summed E-state index contributed by atoms with van der Waals surface area (Å²) in [7, 11) is 1.95. The predicted octanol–water partition coefficient (Wildman–Crippen LogP) is 4.49. The van der Waals surface area contributed by atoms with E-state index in [0.29, 0.717) is 0 Å². The predicted molar refractivity (Wildman–Crippen MR) is 89.7 cm³/mol. The topological polar surface area (TPSA) is 29.9 Å². The molecule has 2 aromatic heterocycles. The summed E-state index contributed by atoms with van der Waals surface area (Å²) in [5.74, 6) is 0. The molecule has 0 aliphatic rings. The lowest BCUT2D eigenvalue weighted by Crippen LogP contribution is -2.24. The molecule has 2 aromatic rings. The molecular weight excluding hydrogens is 358 g/mol. The molecule has 2 rings (SSSR count). The smallest absolute Gasteiger partial charge is 0.0847 e. The number of aromatic nitrogens is 2. The van der Waals surface area contributed by atoms with E-state index in [1.807, 2.05) is 18.7 Å². The van der Waals surface area contributed by atoms with E-state index in [9.17, 15) is 0 Å². The van der Waals surface area contributed by atoms with Gasteiger partial charge >= 0.3 is 0 Å². The van der Waals surface area contributed by atoms with Gasteiger partial charge in [-0.05, 0) is 52.8 Å². The Balaban J connectivity index is 2.23. The van der Waals surface area contributed by atoms with E-state index in [-0.39, 0.29) is 6.04 Å². The third-order valence-corrected chi connectivity index (χ3v) is 5.30. The van der Waals surface area contributed by atoms with Crippen LogP contribution in [0.4, 0.5) is 0 Å². The molecule has 6 heteroatoms. The molecule has 1 atom stereocenters. The van der Waals surface area contributed by atoms with Gasteiger partial charge in [0.2, 0.25) is 0 Å². The highest BCUT2D eigenvalue weighted by Gasteiger charge is 2.19. The van der Waals surface area contributed by atoms with E-state index in [4.69, 9.17) is 11.6 Å². The number of aryl methyl sites for hydroxylation is 2. The Morgan fingerprint density at radius 2 is 2.30 bits per heavy atom. The second kappa shape index (κ2) is 7.07. The Hall–Kier alpha value is -0.360. The van der Waals surface area contributed by atoms with Gasteiger partial charge in [-0.3, -0.25) is 4.68 Å². The van der Waals surface area contributed by atoms with Crippen molar-refractivity contribution >= 4 is 38.9 Å². The molecule has 0 bridgehead atoms. The normalized spacial score (nSPS) is 12.8. The molecule has 0 fully saturated rings. The molecule has 1 unspecified atom stereocenters. The Bertz CT molecular complexity index is 579. The van der Waals surface area contributed by atoms with E-state index in [2.05, 4.69) is 44.7 Å². The average Bonchev–Trinajstić information content (AvgIpc) is 2.93. The van der Waals surface area contributed by atoms with Crippen molar-refractivity contribution in [2.75, 3.05) is 6.54 Å². The summed E-state index contributed by atoms with van der Waals surface area (Å²) in [6, 6.07) is 2.44. The minimum Gasteiger partial charge on any atom is -0.310 e. The van der Waals surface area contributed by atoms with E-state index >= 15 is 0 Å². The zero-order valence-corrected chi connectivity index (χ0v) is 15.1. The maximum Gasteiger partial charge on any atom is 0.0847 e. The van der Waals surface area contributed by atoms with Crippen molar-refractivity contribution in [3.05, 3.63) is 37.2 Å². The van der Waals surface area contributed by atoms with E-state index in [0.717, 1.165) is 39.6 Å². The minimum absolute atomic E-state index is 0.268. The summed E-state index contributed by atoms with van der Waals surface area (Å²) in [6.07, 6.45) is 1.96. The van der Waals surface area contributed by atoms with Crippen LogP contribution < -0.4 is 5.32 Å². The monoisotopic (exact) mass is 375 g/mol. The van der Waals surface area contributed by atoms with Crippen LogP contribution in [0.3, 0.4) is 0 Å². The lowest BCUT2D eigenvalue weighted by Gasteiger charge is -2.18. The summed E-state index contributed by atoms with van der Waals surface area (Å²) in [6.45, 7) is 5.11. The standard InChI is InChI=1S/C14H19BrClN3S/c1-4-5-17-11(10-6-13(15)20-8-10)7-12-14(16)9(2)18-19(12)3/h6,8,11,17H,4-5,7H2,1-3H3. The summed E-state index contributed by atoms with van der Waals surface area (Å²) >= 11 is 11.6. The van der Waals surface area contributed by atoms with Gasteiger partial charge in [-0.2, -0.15) is 5.10 Å². The number of hydrogen-bond acceptors (Lipinski definition) is 3. The van der Waals surface area contributed by atoms with Crippen LogP contribution in [0.2, 0.25) is 5.02 Å². The fourth-order valence-electron chi connectivity index (χ4n) is 2.23. The van der Waals surface area contributed by atoms with Gasteiger partial charge in [0, 0.05) is 19.5 Å². The first-order valence-electron chi connectivity index (χ1n) is 6.68. The molecule has 0 radical (unpaired) electrons. The van der Waals surface area contributed by atoms with Crippen molar-refractivity contribution in [3.63, 3.8) is 0 Å². The van der Waals surface area contributed by atoms with Gasteiger partial charge in [0.15, 0.2) is 0 Å². The van der Waals surface area contributed by atoms with Crippen molar-refractivity contribution in [3.8, 4) is 0 Å². The lowest BCUT2D eigenvalue weighted by atomic mass is 10.0. The number of rotatable bonds is 6. The molecule has 0 aliphatic carbocycles. The Morgan fingerprint density at radius 1 is 1.55 bits per heavy atom. The fourth-order valence-corrected chi connectivity index (χ4v) is 3.69. The van der Waals surface area contributed by atoms with Crippen molar-refractivity contribution in [1.29, 1.82) is 0 Å². The molecule has 0 amide bonds. The van der Waals surface area contributed by atoms with Crippen LogP contribution in [0.1, 0.15) is 36.3 Å². The van der Waals surface area contributed by atoms with E-state index < -0.39 is 0 Å². The molecule has 110 valence electrons. The first-order chi connectivity index (χ1) is 9.52. The molecule has 0 spiro atoms. The summed E-state index contributed by atoms with van der Waals surface area (Å²) < 4.78 is 3.04. The Labute approximate surface area is 137 Å². The molecule has 1 N–H and O–H groups in total. The molecule has 2 heterocycles. The number of nitrogens with zero attached hydrogens (tertiary/aromatic N) is 2. The van der Waals surface area contributed by atoms with Gasteiger partial charge in [-0.1, -0.05) is 18.5 Å². The van der Waals surface area contributed by atoms with E-state index in [1.54, 1.807) is 11.3 Å². The largest absolute Gasteiger partial charge is 0.310 e. The van der Waals surface area contributed by atoms with Gasteiger partial charge in [0.1, 0.15) is 0 Å². The maximum absolute atomic E-state index is 6.37. The molecular formula is C14H19BrClN3S. The Morgan fingerprint density at radius 3 is 2.80 bits per heavy atom. The van der Waals surface area contributed by atoms with Gasteiger partial charge in [-0.25, -0.2) is 0 Å². The number of thiophene rings is 1. The lowest BCUT2D eigenvalue weighted by molar-refractivity contribution is 0.513. The summed E-state index contributed by atoms with van der Waals surface area (Å²) in [4.78, 5) is 0. The van der Waals surface area contributed by atoms with Crippen LogP contribution in [-0.4, -0.2) is 16.3 Å². The molecule has 0 saturated heterocycles. The SMILES string of the molecule is CCCNC(Cc1c(Cl)c(C)nn1C)c1csc(Br)c1. The fraction of sp³-hybridized carbons (Fsp3) is 0.500. The summed E-state index contributed by atoms with van der Waals surface area (Å²) in [5, 5.41) is 11.0. The van der Waals surface area contributed by atoms with Crippen LogP contribution in [-0.2, 0) is 13.5 Å². The second-order valence-corrected chi connectivity index (χ2v) is 7.53.